The Bertz CT molecular complexity index is 587. The molecule has 18 heavy (non-hydrogen) atoms. The van der Waals surface area contributed by atoms with Gasteiger partial charge in [-0.2, -0.15) is 5.26 Å². The van der Waals surface area contributed by atoms with Crippen molar-refractivity contribution in [3.63, 3.8) is 0 Å². The Kier molecular flexibility index (Phi) is 3.50. The highest BCUT2D eigenvalue weighted by molar-refractivity contribution is 7.09. The van der Waals surface area contributed by atoms with Crippen LogP contribution >= 0.6 is 22.9 Å². The van der Waals surface area contributed by atoms with Crippen molar-refractivity contribution in [1.29, 1.82) is 5.26 Å². The Morgan fingerprint density at radius 3 is 2.83 bits per heavy atom. The third-order valence-corrected chi connectivity index (χ3v) is 3.62. The van der Waals surface area contributed by atoms with Crippen molar-refractivity contribution < 1.29 is 0 Å². The summed E-state index contributed by atoms with van der Waals surface area (Å²) >= 11 is 7.43. The fourth-order valence-electron chi connectivity index (χ4n) is 1.53. The van der Waals surface area contributed by atoms with Gasteiger partial charge in [0.15, 0.2) is 0 Å². The second-order valence-corrected chi connectivity index (χ2v) is 5.54. The Balaban J connectivity index is 2.29. The standard InChI is InChI=1S/C12H11ClN4S/c1-12(2,11-15-3-4-18-11)17-10-6-8(7-14)5-9(13)16-10/h3-6H,1-2H3,(H,16,17). The lowest BCUT2D eigenvalue weighted by Crippen LogP contribution is -2.28. The Labute approximate surface area is 114 Å². The Hall–Kier alpha value is -1.64. The quantitative estimate of drug-likeness (QED) is 0.874. The third kappa shape index (κ3) is 2.78. The van der Waals surface area contributed by atoms with E-state index in [0.29, 0.717) is 16.5 Å². The summed E-state index contributed by atoms with van der Waals surface area (Å²) in [7, 11) is 0. The molecule has 2 aromatic rings. The summed E-state index contributed by atoms with van der Waals surface area (Å²) in [4.78, 5) is 8.44. The van der Waals surface area contributed by atoms with Crippen LogP contribution in [0.3, 0.4) is 0 Å². The second-order valence-electron chi connectivity index (χ2n) is 4.26. The van der Waals surface area contributed by atoms with Gasteiger partial charge >= 0.3 is 0 Å². The predicted molar refractivity (Wildman–Crippen MR) is 72.7 cm³/mol. The van der Waals surface area contributed by atoms with Crippen LogP contribution in [0.5, 0.6) is 0 Å². The number of nitriles is 1. The first-order valence-corrected chi connectivity index (χ1v) is 6.53. The molecule has 0 aliphatic heterocycles. The van der Waals surface area contributed by atoms with Crippen LogP contribution in [0.25, 0.3) is 0 Å². The number of hydrogen-bond acceptors (Lipinski definition) is 5. The zero-order valence-electron chi connectivity index (χ0n) is 9.94. The first-order valence-electron chi connectivity index (χ1n) is 5.27. The van der Waals surface area contributed by atoms with E-state index in [0.717, 1.165) is 5.01 Å². The maximum Gasteiger partial charge on any atom is 0.132 e. The molecule has 2 aromatic heterocycles. The maximum atomic E-state index is 8.89. The molecule has 1 N–H and O–H groups in total. The molecule has 0 saturated carbocycles. The van der Waals surface area contributed by atoms with Crippen LogP contribution in [-0.4, -0.2) is 9.97 Å². The molecule has 0 aromatic carbocycles. The largest absolute Gasteiger partial charge is 0.359 e. The molecule has 0 radical (unpaired) electrons. The number of nitrogens with one attached hydrogen (secondary N) is 1. The SMILES string of the molecule is CC(C)(Nc1cc(C#N)cc(Cl)n1)c1nccs1. The Morgan fingerprint density at radius 1 is 1.44 bits per heavy atom. The molecule has 0 aliphatic carbocycles. The van der Waals surface area contributed by atoms with Gasteiger partial charge in [-0.1, -0.05) is 11.6 Å². The zero-order valence-corrected chi connectivity index (χ0v) is 11.5. The topological polar surface area (TPSA) is 61.6 Å². The van der Waals surface area contributed by atoms with E-state index in [4.69, 9.17) is 16.9 Å². The van der Waals surface area contributed by atoms with Crippen molar-refractivity contribution in [2.24, 2.45) is 0 Å². The average Bonchev–Trinajstić information content (AvgIpc) is 2.81. The molecule has 0 spiro atoms. The first-order chi connectivity index (χ1) is 8.51. The van der Waals surface area contributed by atoms with E-state index in [1.165, 1.54) is 6.07 Å². The van der Waals surface area contributed by atoms with E-state index in [-0.39, 0.29) is 5.54 Å². The van der Waals surface area contributed by atoms with E-state index in [1.807, 2.05) is 19.2 Å². The molecule has 4 nitrogen and oxygen atoms in total. The molecule has 0 atom stereocenters. The van der Waals surface area contributed by atoms with Crippen LogP contribution in [0.1, 0.15) is 24.4 Å². The minimum absolute atomic E-state index is 0.298. The minimum Gasteiger partial charge on any atom is -0.359 e. The zero-order chi connectivity index (χ0) is 13.2. The van der Waals surface area contributed by atoms with E-state index in [1.54, 1.807) is 23.6 Å². The predicted octanol–water partition coefficient (Wildman–Crippen LogP) is 3.41. The van der Waals surface area contributed by atoms with Crippen LogP contribution in [-0.2, 0) is 5.54 Å². The summed E-state index contributed by atoms with van der Waals surface area (Å²) in [5.41, 5.74) is 0.117. The summed E-state index contributed by atoms with van der Waals surface area (Å²) < 4.78 is 0. The lowest BCUT2D eigenvalue weighted by Gasteiger charge is -2.24. The lowest BCUT2D eigenvalue weighted by molar-refractivity contribution is 0.601. The van der Waals surface area contributed by atoms with Crippen molar-refractivity contribution in [2.45, 2.75) is 19.4 Å². The average molecular weight is 279 g/mol. The van der Waals surface area contributed by atoms with E-state index < -0.39 is 0 Å². The molecule has 6 heteroatoms. The number of thiazole rings is 1. The van der Waals surface area contributed by atoms with Gasteiger partial charge in [0.1, 0.15) is 16.0 Å². The van der Waals surface area contributed by atoms with Gasteiger partial charge in [-0.25, -0.2) is 9.97 Å². The molecule has 0 unspecified atom stereocenters. The van der Waals surface area contributed by atoms with Crippen molar-refractivity contribution in [2.75, 3.05) is 5.32 Å². The molecule has 0 aliphatic rings. The van der Waals surface area contributed by atoms with Gasteiger partial charge in [-0.3, -0.25) is 0 Å². The maximum absolute atomic E-state index is 8.89. The fraction of sp³-hybridized carbons (Fsp3) is 0.250. The second kappa shape index (κ2) is 4.92. The summed E-state index contributed by atoms with van der Waals surface area (Å²) in [6, 6.07) is 5.25. The van der Waals surface area contributed by atoms with Crippen LogP contribution in [0.2, 0.25) is 5.15 Å². The van der Waals surface area contributed by atoms with Gasteiger partial charge in [0.25, 0.3) is 0 Å². The van der Waals surface area contributed by atoms with Gasteiger partial charge in [-0.05, 0) is 26.0 Å². The molecule has 92 valence electrons. The van der Waals surface area contributed by atoms with Gasteiger partial charge in [0, 0.05) is 11.6 Å². The highest BCUT2D eigenvalue weighted by Crippen LogP contribution is 2.27. The van der Waals surface area contributed by atoms with Crippen molar-refractivity contribution in [1.82, 2.24) is 9.97 Å². The van der Waals surface area contributed by atoms with Gasteiger partial charge in [-0.15, -0.1) is 11.3 Å². The van der Waals surface area contributed by atoms with Crippen molar-refractivity contribution in [3.05, 3.63) is 39.4 Å². The van der Waals surface area contributed by atoms with Crippen LogP contribution in [0.15, 0.2) is 23.7 Å². The number of rotatable bonds is 3. The summed E-state index contributed by atoms with van der Waals surface area (Å²) in [6.07, 6.45) is 1.76. The molecule has 0 fully saturated rings. The lowest BCUT2D eigenvalue weighted by atomic mass is 10.1. The van der Waals surface area contributed by atoms with Gasteiger partial charge in [0.05, 0.1) is 17.2 Å². The molecule has 0 amide bonds. The van der Waals surface area contributed by atoms with E-state index >= 15 is 0 Å². The van der Waals surface area contributed by atoms with Crippen molar-refractivity contribution in [3.8, 4) is 6.07 Å². The molecular formula is C12H11ClN4S. The summed E-state index contributed by atoms with van der Waals surface area (Å²) in [6.45, 7) is 4.00. The van der Waals surface area contributed by atoms with E-state index in [2.05, 4.69) is 21.4 Å². The van der Waals surface area contributed by atoms with Crippen LogP contribution in [0, 0.1) is 11.3 Å². The van der Waals surface area contributed by atoms with Crippen molar-refractivity contribution >= 4 is 28.8 Å². The number of pyridine rings is 1. The highest BCUT2D eigenvalue weighted by Gasteiger charge is 2.23. The monoisotopic (exact) mass is 278 g/mol. The molecule has 0 bridgehead atoms. The van der Waals surface area contributed by atoms with Gasteiger partial charge in [0.2, 0.25) is 0 Å². The first kappa shape index (κ1) is 12.8. The van der Waals surface area contributed by atoms with Crippen LogP contribution < -0.4 is 5.32 Å². The number of nitrogens with zero attached hydrogens (tertiary/aromatic N) is 3. The molecule has 0 saturated heterocycles. The van der Waals surface area contributed by atoms with E-state index in [9.17, 15) is 0 Å². The summed E-state index contributed by atoms with van der Waals surface area (Å²) in [5.74, 6) is 0.569. The molecule has 2 rings (SSSR count). The summed E-state index contributed by atoms with van der Waals surface area (Å²) in [5, 5.41) is 15.3. The fourth-order valence-corrected chi connectivity index (χ4v) is 2.46. The molecular weight excluding hydrogens is 268 g/mol. The van der Waals surface area contributed by atoms with Crippen LogP contribution in [0.4, 0.5) is 5.82 Å². The number of aromatic nitrogens is 2. The number of anilines is 1. The Morgan fingerprint density at radius 2 is 2.22 bits per heavy atom. The normalized spacial score (nSPS) is 11.0. The third-order valence-electron chi connectivity index (χ3n) is 2.33. The number of hydrogen-bond donors (Lipinski definition) is 1. The smallest absolute Gasteiger partial charge is 0.132 e. The van der Waals surface area contributed by atoms with Gasteiger partial charge < -0.3 is 5.32 Å². The number of halogens is 1. The molecule has 2 heterocycles. The minimum atomic E-state index is -0.363. The highest BCUT2D eigenvalue weighted by atomic mass is 35.5.